The van der Waals surface area contributed by atoms with Crippen LogP contribution in [0.1, 0.15) is 85.0 Å². The molecule has 0 bridgehead atoms. The van der Waals surface area contributed by atoms with Gasteiger partial charge in [0.15, 0.2) is 0 Å². The van der Waals surface area contributed by atoms with Crippen molar-refractivity contribution in [3.63, 3.8) is 0 Å². The summed E-state index contributed by atoms with van der Waals surface area (Å²) in [5, 5.41) is 0. The predicted octanol–water partition coefficient (Wildman–Crippen LogP) is 5.28. The van der Waals surface area contributed by atoms with Crippen molar-refractivity contribution in [2.45, 2.75) is 91.1 Å². The zero-order valence-corrected chi connectivity index (χ0v) is 15.7. The van der Waals surface area contributed by atoms with Gasteiger partial charge in [-0.25, -0.2) is 4.79 Å². The van der Waals surface area contributed by atoms with E-state index >= 15 is 0 Å². The van der Waals surface area contributed by atoms with E-state index in [1.54, 1.807) is 0 Å². The summed E-state index contributed by atoms with van der Waals surface area (Å²) in [7, 11) is 0. The Morgan fingerprint density at radius 3 is 2.58 bits per heavy atom. The molecule has 0 amide bonds. The van der Waals surface area contributed by atoms with Crippen molar-refractivity contribution in [1.29, 1.82) is 0 Å². The second-order valence-corrected chi connectivity index (χ2v) is 9.81. The van der Waals surface area contributed by atoms with Gasteiger partial charge in [-0.3, -0.25) is 4.89 Å². The van der Waals surface area contributed by atoms with Crippen molar-refractivity contribution in [1.82, 2.24) is 0 Å². The predicted molar refractivity (Wildman–Crippen MR) is 93.0 cm³/mol. The molecule has 0 N–H and O–H groups in total. The minimum Gasteiger partial charge on any atom is -0.298 e. The SMILES string of the molecule is CC(=O)OO[C@@H]1CC[C@@]2(C)[C@@H](CC[C@H]3[C@@H]4CCC[C@@]4(C)CC[C@@H]32)C1. The highest BCUT2D eigenvalue weighted by atomic mass is 17.2. The lowest BCUT2D eigenvalue weighted by atomic mass is 9.45. The fraction of sp³-hybridized carbons (Fsp3) is 0.952. The first kappa shape index (κ1) is 16.9. The highest BCUT2D eigenvalue weighted by Gasteiger charge is 2.58. The number of carbonyl (C=O) groups is 1. The third-order valence-corrected chi connectivity index (χ3v) is 8.70. The van der Waals surface area contributed by atoms with E-state index in [2.05, 4.69) is 13.8 Å². The third-order valence-electron chi connectivity index (χ3n) is 8.70. The molecule has 0 unspecified atom stereocenters. The number of hydrogen-bond acceptors (Lipinski definition) is 3. The molecule has 0 aromatic carbocycles. The van der Waals surface area contributed by atoms with Crippen LogP contribution >= 0.6 is 0 Å². The van der Waals surface area contributed by atoms with E-state index in [9.17, 15) is 4.79 Å². The first-order valence-corrected chi connectivity index (χ1v) is 10.3. The molecule has 4 fully saturated rings. The topological polar surface area (TPSA) is 35.5 Å². The molecule has 24 heavy (non-hydrogen) atoms. The maximum atomic E-state index is 11.0. The van der Waals surface area contributed by atoms with Crippen LogP contribution in [0.25, 0.3) is 0 Å². The van der Waals surface area contributed by atoms with Crippen LogP contribution in [0.15, 0.2) is 0 Å². The minimum atomic E-state index is -0.333. The Kier molecular flexibility index (Phi) is 4.22. The van der Waals surface area contributed by atoms with Gasteiger partial charge >= 0.3 is 5.97 Å². The van der Waals surface area contributed by atoms with Gasteiger partial charge in [-0.1, -0.05) is 20.3 Å². The molecule has 136 valence electrons. The average molecular weight is 335 g/mol. The average Bonchev–Trinajstić information content (AvgIpc) is 2.94. The van der Waals surface area contributed by atoms with E-state index in [4.69, 9.17) is 9.78 Å². The van der Waals surface area contributed by atoms with E-state index in [1.807, 2.05) is 0 Å². The molecule has 3 nitrogen and oxygen atoms in total. The van der Waals surface area contributed by atoms with E-state index in [0.717, 1.165) is 36.5 Å². The van der Waals surface area contributed by atoms with Crippen LogP contribution in [0.2, 0.25) is 0 Å². The summed E-state index contributed by atoms with van der Waals surface area (Å²) in [6.07, 6.45) is 13.6. The number of rotatable bonds is 2. The van der Waals surface area contributed by atoms with Gasteiger partial charge in [-0.05, 0) is 92.3 Å². The van der Waals surface area contributed by atoms with Gasteiger partial charge in [0.2, 0.25) is 0 Å². The summed E-state index contributed by atoms with van der Waals surface area (Å²) < 4.78 is 0. The lowest BCUT2D eigenvalue weighted by molar-refractivity contribution is -0.309. The van der Waals surface area contributed by atoms with Crippen LogP contribution in [0.5, 0.6) is 0 Å². The quantitative estimate of drug-likeness (QED) is 0.509. The molecule has 0 heterocycles. The standard InChI is InChI=1S/C21H34O3/c1-14(22)23-24-16-8-12-21(3)15(13-16)6-7-17-18-5-4-10-20(18,2)11-9-19(17)21/h15-19H,4-13H2,1-3H3/t15-,16+,17-,18-,19-,20-,21-/m0/s1. The Bertz CT molecular complexity index is 503. The van der Waals surface area contributed by atoms with Crippen molar-refractivity contribution < 1.29 is 14.6 Å². The van der Waals surface area contributed by atoms with E-state index in [0.29, 0.717) is 10.8 Å². The number of fused-ring (bicyclic) bond motifs is 5. The van der Waals surface area contributed by atoms with Gasteiger partial charge in [-0.2, -0.15) is 4.89 Å². The Labute approximate surface area is 146 Å². The molecule has 4 aliphatic carbocycles. The monoisotopic (exact) mass is 334 g/mol. The normalized spacial score (nSPS) is 50.5. The maximum absolute atomic E-state index is 11.0. The zero-order valence-electron chi connectivity index (χ0n) is 15.7. The van der Waals surface area contributed by atoms with Gasteiger partial charge in [0.1, 0.15) is 6.10 Å². The molecular weight excluding hydrogens is 300 g/mol. The summed E-state index contributed by atoms with van der Waals surface area (Å²) >= 11 is 0. The summed E-state index contributed by atoms with van der Waals surface area (Å²) in [5.41, 5.74) is 1.14. The highest BCUT2D eigenvalue weighted by molar-refractivity contribution is 5.65. The Morgan fingerprint density at radius 1 is 0.958 bits per heavy atom. The molecule has 4 saturated carbocycles. The van der Waals surface area contributed by atoms with Crippen LogP contribution in [0, 0.1) is 34.5 Å². The van der Waals surface area contributed by atoms with Crippen LogP contribution in [0.3, 0.4) is 0 Å². The molecule has 7 atom stereocenters. The summed E-state index contributed by atoms with van der Waals surface area (Å²) in [5.74, 6) is 3.29. The van der Waals surface area contributed by atoms with Crippen LogP contribution in [-0.4, -0.2) is 12.1 Å². The number of carbonyl (C=O) groups excluding carboxylic acids is 1. The fourth-order valence-electron chi connectivity index (χ4n) is 7.43. The lowest BCUT2D eigenvalue weighted by Crippen LogP contribution is -2.53. The lowest BCUT2D eigenvalue weighted by Gasteiger charge is -2.60. The fourth-order valence-corrected chi connectivity index (χ4v) is 7.43. The first-order chi connectivity index (χ1) is 11.4. The highest BCUT2D eigenvalue weighted by Crippen LogP contribution is 2.66. The van der Waals surface area contributed by atoms with Gasteiger partial charge < -0.3 is 0 Å². The van der Waals surface area contributed by atoms with Crippen molar-refractivity contribution >= 4 is 5.97 Å². The molecule has 0 radical (unpaired) electrons. The Balaban J connectivity index is 1.47. The van der Waals surface area contributed by atoms with Crippen molar-refractivity contribution in [2.75, 3.05) is 0 Å². The second kappa shape index (κ2) is 6.00. The molecule has 0 aromatic rings. The zero-order chi connectivity index (χ0) is 16.9. The smallest absolute Gasteiger partial charge is 0.298 e. The van der Waals surface area contributed by atoms with Crippen LogP contribution in [0.4, 0.5) is 0 Å². The van der Waals surface area contributed by atoms with Gasteiger partial charge in [0.05, 0.1) is 0 Å². The molecule has 0 spiro atoms. The van der Waals surface area contributed by atoms with Gasteiger partial charge in [0.25, 0.3) is 0 Å². The second-order valence-electron chi connectivity index (χ2n) is 9.81. The molecule has 0 saturated heterocycles. The van der Waals surface area contributed by atoms with E-state index in [-0.39, 0.29) is 12.1 Å². The first-order valence-electron chi connectivity index (χ1n) is 10.3. The summed E-state index contributed by atoms with van der Waals surface area (Å²) in [4.78, 5) is 21.3. The molecular formula is C21H34O3. The van der Waals surface area contributed by atoms with E-state index in [1.165, 1.54) is 58.3 Å². The summed E-state index contributed by atoms with van der Waals surface area (Å²) in [6.45, 7) is 6.58. The van der Waals surface area contributed by atoms with Gasteiger partial charge in [-0.15, -0.1) is 0 Å². The van der Waals surface area contributed by atoms with Crippen LogP contribution < -0.4 is 0 Å². The summed E-state index contributed by atoms with van der Waals surface area (Å²) in [6, 6.07) is 0. The van der Waals surface area contributed by atoms with Crippen molar-refractivity contribution in [3.8, 4) is 0 Å². The molecule has 4 rings (SSSR count). The molecule has 0 aromatic heterocycles. The molecule has 0 aliphatic heterocycles. The van der Waals surface area contributed by atoms with Crippen molar-refractivity contribution in [3.05, 3.63) is 0 Å². The van der Waals surface area contributed by atoms with E-state index < -0.39 is 0 Å². The van der Waals surface area contributed by atoms with Crippen molar-refractivity contribution in [2.24, 2.45) is 34.5 Å². The van der Waals surface area contributed by atoms with Gasteiger partial charge in [0, 0.05) is 6.92 Å². The number of hydrogen-bond donors (Lipinski definition) is 0. The largest absolute Gasteiger partial charge is 0.339 e. The Hall–Kier alpha value is -0.570. The Morgan fingerprint density at radius 2 is 1.79 bits per heavy atom. The minimum absolute atomic E-state index is 0.115. The van der Waals surface area contributed by atoms with Crippen LogP contribution in [-0.2, 0) is 14.6 Å². The maximum Gasteiger partial charge on any atom is 0.339 e. The third kappa shape index (κ3) is 2.62. The molecule has 4 aliphatic rings. The molecule has 3 heteroatoms.